The highest BCUT2D eigenvalue weighted by atomic mass is 28.3. The molecule has 7 heteroatoms. The van der Waals surface area contributed by atoms with Crippen molar-refractivity contribution < 1.29 is 14.6 Å². The van der Waals surface area contributed by atoms with Crippen LogP contribution >= 0.6 is 0 Å². The molecule has 0 radical (unpaired) electrons. The number of hydrogen-bond acceptors (Lipinski definition) is 4. The molecule has 0 bridgehead atoms. The molecule has 1 aliphatic rings. The molecule has 20 heavy (non-hydrogen) atoms. The first-order valence-electron chi connectivity index (χ1n) is 6.66. The van der Waals surface area contributed by atoms with E-state index in [1.54, 1.807) is 0 Å². The SMILES string of the molecule is C=CCOC(=O)N1CCC[C@H]1/C(O)=C(\[N+]#N)[Si](C)(C)C. The number of diazo groups is 1. The van der Waals surface area contributed by atoms with Crippen molar-refractivity contribution in [2.45, 2.75) is 38.5 Å². The fraction of sp³-hybridized carbons (Fsp3) is 0.615. The molecule has 0 saturated carbocycles. The monoisotopic (exact) mass is 296 g/mol. The molecule has 1 amide bonds. The van der Waals surface area contributed by atoms with E-state index in [2.05, 4.69) is 11.6 Å². The molecule has 1 rings (SSSR count). The van der Waals surface area contributed by atoms with Crippen molar-refractivity contribution in [1.29, 1.82) is 5.39 Å². The van der Waals surface area contributed by atoms with Crippen molar-refractivity contribution in [3.8, 4) is 0 Å². The van der Waals surface area contributed by atoms with Crippen LogP contribution in [0, 0.1) is 5.39 Å². The third kappa shape index (κ3) is 3.60. The second-order valence-electron chi connectivity index (χ2n) is 5.80. The topological polar surface area (TPSA) is 77.9 Å². The van der Waals surface area contributed by atoms with Gasteiger partial charge in [0.05, 0.1) is 6.04 Å². The zero-order chi connectivity index (χ0) is 15.3. The van der Waals surface area contributed by atoms with Crippen LogP contribution in [0.25, 0.3) is 4.98 Å². The number of nitrogens with zero attached hydrogens (tertiary/aromatic N) is 3. The summed E-state index contributed by atoms with van der Waals surface area (Å²) in [7, 11) is -1.99. The second-order valence-corrected chi connectivity index (χ2v) is 10.8. The number of rotatable bonds is 4. The Balaban J connectivity index is 2.99. The van der Waals surface area contributed by atoms with E-state index < -0.39 is 20.2 Å². The number of aliphatic hydroxyl groups excluding tert-OH is 1. The minimum Gasteiger partial charge on any atom is -0.504 e. The van der Waals surface area contributed by atoms with E-state index in [4.69, 9.17) is 10.1 Å². The lowest BCUT2D eigenvalue weighted by atomic mass is 10.2. The number of carbonyl (C=O) groups is 1. The van der Waals surface area contributed by atoms with Crippen molar-refractivity contribution in [2.24, 2.45) is 0 Å². The fourth-order valence-corrected chi connectivity index (χ4v) is 3.46. The summed E-state index contributed by atoms with van der Waals surface area (Å²) < 4.78 is 5.01. The summed E-state index contributed by atoms with van der Waals surface area (Å²) in [6.45, 7) is 10.0. The van der Waals surface area contributed by atoms with E-state index in [9.17, 15) is 9.90 Å². The minimum absolute atomic E-state index is 0.0141. The third-order valence-electron chi connectivity index (χ3n) is 3.18. The number of amides is 1. The van der Waals surface area contributed by atoms with E-state index in [0.29, 0.717) is 18.3 Å². The highest BCUT2D eigenvalue weighted by molar-refractivity contribution is 6.83. The van der Waals surface area contributed by atoms with Crippen LogP contribution in [0.1, 0.15) is 12.8 Å². The van der Waals surface area contributed by atoms with Crippen molar-refractivity contribution in [1.82, 2.24) is 4.90 Å². The molecular formula is C13H22N3O3Si+. The molecule has 110 valence electrons. The quantitative estimate of drug-likeness (QED) is 0.374. The maximum absolute atomic E-state index is 11.9. The van der Waals surface area contributed by atoms with E-state index in [1.807, 2.05) is 19.6 Å². The average Bonchev–Trinajstić information content (AvgIpc) is 2.84. The molecule has 0 spiro atoms. The van der Waals surface area contributed by atoms with Crippen LogP contribution in [0.2, 0.25) is 19.6 Å². The summed E-state index contributed by atoms with van der Waals surface area (Å²) in [5, 5.41) is 19.9. The van der Waals surface area contributed by atoms with Gasteiger partial charge in [0.1, 0.15) is 6.61 Å². The van der Waals surface area contributed by atoms with Crippen LogP contribution < -0.4 is 0 Å². The molecule has 1 atom stereocenters. The van der Waals surface area contributed by atoms with Gasteiger partial charge in [-0.25, -0.2) is 4.79 Å². The molecule has 0 aromatic rings. The number of aliphatic hydroxyl groups is 1. The van der Waals surface area contributed by atoms with Crippen LogP contribution in [-0.4, -0.2) is 43.4 Å². The number of likely N-dealkylation sites (tertiary alicyclic amines) is 1. The first-order valence-corrected chi connectivity index (χ1v) is 10.2. The standard InChI is InChI=1S/C13H21N3O3Si/c1-5-9-19-13(18)16-8-6-7-10(16)11(17)12(15-14)20(2,3)4/h5,10H,1,6-9H2,2-4H3/p+1/b12-11-/t10-/m0/s1. The van der Waals surface area contributed by atoms with Crippen molar-refractivity contribution >= 4 is 14.2 Å². The number of ether oxygens (including phenoxy) is 1. The first kappa shape index (κ1) is 16.2. The predicted molar refractivity (Wildman–Crippen MR) is 79.4 cm³/mol. The summed E-state index contributed by atoms with van der Waals surface area (Å²) in [5.74, 6) is -0.0141. The minimum atomic E-state index is -1.99. The van der Waals surface area contributed by atoms with Gasteiger partial charge in [0, 0.05) is 6.54 Å². The zero-order valence-electron chi connectivity index (χ0n) is 12.3. The fourth-order valence-electron chi connectivity index (χ4n) is 2.23. The van der Waals surface area contributed by atoms with E-state index in [0.717, 1.165) is 6.42 Å². The Hall–Kier alpha value is -1.81. The average molecular weight is 296 g/mol. The molecule has 1 heterocycles. The van der Waals surface area contributed by atoms with E-state index in [1.165, 1.54) is 11.0 Å². The highest BCUT2D eigenvalue weighted by Gasteiger charge is 2.43. The normalized spacial score (nSPS) is 20.1. The molecule has 6 nitrogen and oxygen atoms in total. The van der Waals surface area contributed by atoms with Crippen LogP contribution in [0.5, 0.6) is 0 Å². The molecule has 1 aliphatic heterocycles. The molecule has 1 N–H and O–H groups in total. The highest BCUT2D eigenvalue weighted by Crippen LogP contribution is 2.29. The molecule has 0 aromatic carbocycles. The van der Waals surface area contributed by atoms with Crippen molar-refractivity contribution in [3.63, 3.8) is 0 Å². The van der Waals surface area contributed by atoms with Gasteiger partial charge in [0.15, 0.2) is 18.8 Å². The summed E-state index contributed by atoms with van der Waals surface area (Å²) in [4.78, 5) is 16.7. The molecular weight excluding hydrogens is 274 g/mol. The Morgan fingerprint density at radius 2 is 2.25 bits per heavy atom. The van der Waals surface area contributed by atoms with Crippen molar-refractivity contribution in [3.05, 3.63) is 28.7 Å². The zero-order valence-corrected chi connectivity index (χ0v) is 13.3. The van der Waals surface area contributed by atoms with Gasteiger partial charge < -0.3 is 9.84 Å². The summed E-state index contributed by atoms with van der Waals surface area (Å²) >= 11 is 0. The Morgan fingerprint density at radius 1 is 1.60 bits per heavy atom. The van der Waals surface area contributed by atoms with E-state index >= 15 is 0 Å². The molecule has 0 aromatic heterocycles. The van der Waals surface area contributed by atoms with Gasteiger partial charge in [-0.2, -0.15) is 0 Å². The third-order valence-corrected chi connectivity index (χ3v) is 4.96. The van der Waals surface area contributed by atoms with Gasteiger partial charge >= 0.3 is 11.4 Å². The Bertz CT molecular complexity index is 462. The van der Waals surface area contributed by atoms with Crippen molar-refractivity contribution in [2.75, 3.05) is 13.2 Å². The Kier molecular flexibility index (Phi) is 5.33. The predicted octanol–water partition coefficient (Wildman–Crippen LogP) is 3.27. The molecule has 1 saturated heterocycles. The van der Waals surface area contributed by atoms with Crippen LogP contribution in [0.15, 0.2) is 23.7 Å². The molecule has 1 fully saturated rings. The largest absolute Gasteiger partial charge is 0.504 e. The second kappa shape index (κ2) is 6.57. The number of carbonyl (C=O) groups excluding carboxylic acids is 1. The summed E-state index contributed by atoms with van der Waals surface area (Å²) in [6.07, 6.45) is 2.43. The maximum Gasteiger partial charge on any atom is 0.410 e. The number of hydrogen-bond donors (Lipinski definition) is 1. The lowest BCUT2D eigenvalue weighted by Crippen LogP contribution is -2.39. The summed E-state index contributed by atoms with van der Waals surface area (Å²) in [6, 6.07) is -0.468. The molecule has 0 aliphatic carbocycles. The summed E-state index contributed by atoms with van der Waals surface area (Å²) in [5.41, 5.74) is 0. The van der Waals surface area contributed by atoms with Gasteiger partial charge in [-0.3, -0.25) is 4.90 Å². The Morgan fingerprint density at radius 3 is 2.75 bits per heavy atom. The van der Waals surface area contributed by atoms with Gasteiger partial charge in [0.25, 0.3) is 0 Å². The lowest BCUT2D eigenvalue weighted by Gasteiger charge is -2.23. The van der Waals surface area contributed by atoms with Crippen LogP contribution in [0.3, 0.4) is 0 Å². The van der Waals surface area contributed by atoms with Crippen LogP contribution in [0.4, 0.5) is 4.79 Å². The maximum atomic E-state index is 11.9. The van der Waals surface area contributed by atoms with Gasteiger partial charge in [0.2, 0.25) is 5.39 Å². The van der Waals surface area contributed by atoms with E-state index in [-0.39, 0.29) is 12.4 Å². The van der Waals surface area contributed by atoms with Gasteiger partial charge in [-0.15, -0.1) is 0 Å². The Labute approximate surface area is 120 Å². The first-order chi connectivity index (χ1) is 9.32. The van der Waals surface area contributed by atoms with Gasteiger partial charge in [-0.1, -0.05) is 32.3 Å². The van der Waals surface area contributed by atoms with Gasteiger partial charge in [-0.05, 0) is 12.8 Å². The van der Waals surface area contributed by atoms with Crippen LogP contribution in [-0.2, 0) is 4.74 Å². The smallest absolute Gasteiger partial charge is 0.410 e. The lowest BCUT2D eigenvalue weighted by molar-refractivity contribution is 0.105. The molecule has 0 unspecified atom stereocenters.